The van der Waals surface area contributed by atoms with Gasteiger partial charge in [-0.25, -0.2) is 0 Å². The van der Waals surface area contributed by atoms with E-state index in [4.69, 9.17) is 22.1 Å². The average Bonchev–Trinajstić information content (AvgIpc) is 2.29. The molecule has 0 aliphatic rings. The number of amides is 1. The highest BCUT2D eigenvalue weighted by atomic mass is 35.5. The first-order valence-electron chi connectivity index (χ1n) is 5.50. The van der Waals surface area contributed by atoms with Crippen molar-refractivity contribution in [2.24, 2.45) is 5.73 Å². The molecule has 3 N–H and O–H groups in total. The van der Waals surface area contributed by atoms with E-state index >= 15 is 0 Å². The lowest BCUT2D eigenvalue weighted by Gasteiger charge is -2.16. The van der Waals surface area contributed by atoms with E-state index in [1.807, 2.05) is 19.1 Å². The van der Waals surface area contributed by atoms with Gasteiger partial charge >= 0.3 is 0 Å². The number of para-hydroxylation sites is 1. The molecule has 0 spiro atoms. The summed E-state index contributed by atoms with van der Waals surface area (Å²) in [7, 11) is 0. The predicted molar refractivity (Wildman–Crippen MR) is 68.1 cm³/mol. The minimum absolute atomic E-state index is 0.480. The fourth-order valence-corrected chi connectivity index (χ4v) is 1.56. The lowest BCUT2D eigenvalue weighted by molar-refractivity contribution is -0.123. The maximum atomic E-state index is 11.0. The Kier molecular flexibility index (Phi) is 5.25. The monoisotopic (exact) mass is 256 g/mol. The molecule has 0 heterocycles. The Labute approximate surface area is 106 Å². The predicted octanol–water partition coefficient (Wildman–Crippen LogP) is 1.70. The quantitative estimate of drug-likeness (QED) is 0.814. The molecule has 94 valence electrons. The molecule has 0 saturated carbocycles. The van der Waals surface area contributed by atoms with E-state index in [0.717, 1.165) is 12.1 Å². The highest BCUT2D eigenvalue weighted by Crippen LogP contribution is 2.29. The number of benzene rings is 1. The summed E-state index contributed by atoms with van der Waals surface area (Å²) in [5, 5.41) is 3.66. The average molecular weight is 257 g/mol. The highest BCUT2D eigenvalue weighted by Gasteiger charge is 2.15. The Balaban J connectivity index is 2.90. The molecule has 1 aromatic carbocycles. The second-order valence-corrected chi connectivity index (χ2v) is 4.08. The second kappa shape index (κ2) is 6.47. The van der Waals surface area contributed by atoms with Crippen molar-refractivity contribution in [2.75, 3.05) is 6.54 Å². The van der Waals surface area contributed by atoms with Gasteiger partial charge in [-0.05, 0) is 19.5 Å². The number of hydrogen-bond donors (Lipinski definition) is 2. The van der Waals surface area contributed by atoms with Gasteiger partial charge in [0.05, 0.1) is 5.02 Å². The Morgan fingerprint density at radius 3 is 2.88 bits per heavy atom. The molecule has 1 aromatic rings. The first kappa shape index (κ1) is 13.8. The molecule has 0 bridgehead atoms. The largest absolute Gasteiger partial charge is 0.479 e. The second-order valence-electron chi connectivity index (χ2n) is 3.67. The van der Waals surface area contributed by atoms with E-state index in [1.54, 1.807) is 13.0 Å². The minimum atomic E-state index is -0.699. The first-order chi connectivity index (χ1) is 8.06. The Hall–Kier alpha value is -1.26. The number of carbonyl (C=O) groups excluding carboxylic acids is 1. The number of nitrogens with two attached hydrogens (primary N) is 1. The van der Waals surface area contributed by atoms with Crippen LogP contribution in [0.25, 0.3) is 0 Å². The van der Waals surface area contributed by atoms with Gasteiger partial charge in [-0.1, -0.05) is 30.7 Å². The number of primary amides is 1. The molecule has 4 nitrogen and oxygen atoms in total. The standard InChI is InChI=1S/C12H17ClN2O2/c1-3-15-7-9-5-4-6-10(13)11(9)17-8(2)12(14)16/h4-6,8,15H,3,7H2,1-2H3,(H2,14,16). The molecular weight excluding hydrogens is 240 g/mol. The van der Waals surface area contributed by atoms with Crippen LogP contribution in [0.3, 0.4) is 0 Å². The summed E-state index contributed by atoms with van der Waals surface area (Å²) >= 11 is 6.05. The van der Waals surface area contributed by atoms with Gasteiger partial charge in [0.25, 0.3) is 5.91 Å². The van der Waals surface area contributed by atoms with Crippen LogP contribution < -0.4 is 15.8 Å². The van der Waals surface area contributed by atoms with Gasteiger partial charge in [0, 0.05) is 12.1 Å². The van der Waals surface area contributed by atoms with Crippen molar-refractivity contribution in [1.82, 2.24) is 5.32 Å². The van der Waals surface area contributed by atoms with E-state index in [0.29, 0.717) is 17.3 Å². The van der Waals surface area contributed by atoms with Crippen molar-refractivity contribution < 1.29 is 9.53 Å². The fraction of sp³-hybridized carbons (Fsp3) is 0.417. The normalized spacial score (nSPS) is 12.2. The molecule has 0 aliphatic carbocycles. The summed E-state index contributed by atoms with van der Waals surface area (Å²) in [6, 6.07) is 5.47. The van der Waals surface area contributed by atoms with Gasteiger partial charge in [0.15, 0.2) is 6.10 Å². The SMILES string of the molecule is CCNCc1cccc(Cl)c1OC(C)C(N)=O. The maximum absolute atomic E-state index is 11.0. The van der Waals surface area contributed by atoms with E-state index in [9.17, 15) is 4.79 Å². The van der Waals surface area contributed by atoms with Crippen LogP contribution in [0.1, 0.15) is 19.4 Å². The first-order valence-corrected chi connectivity index (χ1v) is 5.88. The van der Waals surface area contributed by atoms with Crippen LogP contribution >= 0.6 is 11.6 Å². The lowest BCUT2D eigenvalue weighted by atomic mass is 10.2. The van der Waals surface area contributed by atoms with Crippen LogP contribution in [0.4, 0.5) is 0 Å². The number of ether oxygens (including phenoxy) is 1. The number of carbonyl (C=O) groups is 1. The summed E-state index contributed by atoms with van der Waals surface area (Å²) in [4.78, 5) is 11.0. The lowest BCUT2D eigenvalue weighted by Crippen LogP contribution is -2.31. The third-order valence-corrected chi connectivity index (χ3v) is 2.61. The molecule has 1 rings (SSSR count). The van der Waals surface area contributed by atoms with Crippen molar-refractivity contribution in [3.63, 3.8) is 0 Å². The Bertz CT molecular complexity index is 396. The van der Waals surface area contributed by atoms with Gasteiger partial charge in [0.1, 0.15) is 5.75 Å². The van der Waals surface area contributed by atoms with Crippen LogP contribution in [0.15, 0.2) is 18.2 Å². The van der Waals surface area contributed by atoms with Gasteiger partial charge < -0.3 is 15.8 Å². The maximum Gasteiger partial charge on any atom is 0.258 e. The van der Waals surface area contributed by atoms with Gasteiger partial charge in [0.2, 0.25) is 0 Å². The molecule has 0 aliphatic heterocycles. The van der Waals surface area contributed by atoms with E-state index in [1.165, 1.54) is 0 Å². The Morgan fingerprint density at radius 2 is 2.29 bits per heavy atom. The van der Waals surface area contributed by atoms with Crippen molar-refractivity contribution in [1.29, 1.82) is 0 Å². The molecular formula is C12H17ClN2O2. The van der Waals surface area contributed by atoms with E-state index in [-0.39, 0.29) is 0 Å². The third kappa shape index (κ3) is 3.91. The molecule has 17 heavy (non-hydrogen) atoms. The molecule has 0 fully saturated rings. The zero-order chi connectivity index (χ0) is 12.8. The zero-order valence-electron chi connectivity index (χ0n) is 10.00. The summed E-state index contributed by atoms with van der Waals surface area (Å²) in [6.07, 6.45) is -0.699. The third-order valence-electron chi connectivity index (χ3n) is 2.31. The van der Waals surface area contributed by atoms with Gasteiger partial charge in [-0.3, -0.25) is 4.79 Å². The van der Waals surface area contributed by atoms with Crippen LogP contribution in [-0.4, -0.2) is 18.6 Å². The summed E-state index contributed by atoms with van der Waals surface area (Å²) in [5.41, 5.74) is 6.07. The molecule has 0 saturated heterocycles. The van der Waals surface area contributed by atoms with Crippen LogP contribution in [-0.2, 0) is 11.3 Å². The van der Waals surface area contributed by atoms with Crippen molar-refractivity contribution in [2.45, 2.75) is 26.5 Å². The smallest absolute Gasteiger partial charge is 0.258 e. The zero-order valence-corrected chi connectivity index (χ0v) is 10.8. The summed E-state index contributed by atoms with van der Waals surface area (Å²) < 4.78 is 5.49. The minimum Gasteiger partial charge on any atom is -0.479 e. The van der Waals surface area contributed by atoms with Gasteiger partial charge in [-0.15, -0.1) is 0 Å². The fourth-order valence-electron chi connectivity index (χ4n) is 1.32. The summed E-state index contributed by atoms with van der Waals surface area (Å²) in [6.45, 7) is 5.09. The van der Waals surface area contributed by atoms with Crippen molar-refractivity contribution in [3.8, 4) is 5.75 Å². The molecule has 1 amide bonds. The Morgan fingerprint density at radius 1 is 1.59 bits per heavy atom. The molecule has 1 atom stereocenters. The number of rotatable bonds is 6. The highest BCUT2D eigenvalue weighted by molar-refractivity contribution is 6.32. The topological polar surface area (TPSA) is 64.3 Å². The van der Waals surface area contributed by atoms with E-state index in [2.05, 4.69) is 5.32 Å². The number of hydrogen-bond acceptors (Lipinski definition) is 3. The van der Waals surface area contributed by atoms with Gasteiger partial charge in [-0.2, -0.15) is 0 Å². The van der Waals surface area contributed by atoms with Crippen LogP contribution in [0.5, 0.6) is 5.75 Å². The van der Waals surface area contributed by atoms with Crippen molar-refractivity contribution >= 4 is 17.5 Å². The summed E-state index contributed by atoms with van der Waals surface area (Å²) in [5.74, 6) is 0.000683. The molecule has 0 radical (unpaired) electrons. The molecule has 1 unspecified atom stereocenters. The van der Waals surface area contributed by atoms with Crippen LogP contribution in [0, 0.1) is 0 Å². The van der Waals surface area contributed by atoms with Crippen molar-refractivity contribution in [3.05, 3.63) is 28.8 Å². The number of halogens is 1. The van der Waals surface area contributed by atoms with Crippen LogP contribution in [0.2, 0.25) is 5.02 Å². The van der Waals surface area contributed by atoms with E-state index < -0.39 is 12.0 Å². The molecule has 5 heteroatoms. The number of nitrogens with one attached hydrogen (secondary N) is 1. The molecule has 0 aromatic heterocycles.